The number of likely N-dealkylation sites (N-methyl/N-ethyl adjacent to an activating group) is 1. The second-order valence-corrected chi connectivity index (χ2v) is 4.46. The third-order valence-corrected chi connectivity index (χ3v) is 2.81. The third-order valence-electron chi connectivity index (χ3n) is 2.81. The van der Waals surface area contributed by atoms with Gasteiger partial charge in [0.15, 0.2) is 0 Å². The van der Waals surface area contributed by atoms with E-state index >= 15 is 0 Å². The molecule has 0 aliphatic carbocycles. The fourth-order valence-corrected chi connectivity index (χ4v) is 1.72. The van der Waals surface area contributed by atoms with E-state index in [9.17, 15) is 19.8 Å². The number of phenolic OH excluding ortho intramolecular Hbond substituents is 1. The van der Waals surface area contributed by atoms with Crippen LogP contribution in [0.2, 0.25) is 0 Å². The Bertz CT molecular complexity index is 576. The number of hydrogen-bond donors (Lipinski definition) is 4. The fourth-order valence-electron chi connectivity index (χ4n) is 1.72. The average Bonchev–Trinajstić information content (AvgIpc) is 2.44. The first-order chi connectivity index (χ1) is 9.90. The molecule has 112 valence electrons. The predicted molar refractivity (Wildman–Crippen MR) is 77.7 cm³/mol. The normalized spacial score (nSPS) is 12.9. The molecule has 0 spiro atoms. The number of amides is 2. The summed E-state index contributed by atoms with van der Waals surface area (Å²) in [5.74, 6) is 0.871. The molecule has 0 radical (unpaired) electrons. The Morgan fingerprint density at radius 3 is 2.57 bits per heavy atom. The largest absolute Gasteiger partial charge is 0.507 e. The Morgan fingerprint density at radius 1 is 1.43 bits per heavy atom. The van der Waals surface area contributed by atoms with E-state index in [1.54, 1.807) is 6.92 Å². The summed E-state index contributed by atoms with van der Waals surface area (Å²) < 4.78 is 0. The Hall–Kier alpha value is -2.52. The molecule has 21 heavy (non-hydrogen) atoms. The first kappa shape index (κ1) is 16.5. The van der Waals surface area contributed by atoms with Crippen LogP contribution in [0.3, 0.4) is 0 Å². The Kier molecular flexibility index (Phi) is 5.76. The van der Waals surface area contributed by atoms with Gasteiger partial charge in [-0.05, 0) is 32.0 Å². The van der Waals surface area contributed by atoms with Crippen LogP contribution in [0, 0.1) is 12.3 Å². The molecule has 0 aromatic heterocycles. The summed E-state index contributed by atoms with van der Waals surface area (Å²) in [7, 11) is 0. The van der Waals surface area contributed by atoms with E-state index in [4.69, 9.17) is 6.42 Å². The summed E-state index contributed by atoms with van der Waals surface area (Å²) in [5, 5.41) is 24.3. The predicted octanol–water partition coefficient (Wildman–Crippen LogP) is -0.0112. The minimum absolute atomic E-state index is 0.0241. The molecule has 0 fully saturated rings. The van der Waals surface area contributed by atoms with E-state index in [2.05, 4.69) is 16.6 Å². The van der Waals surface area contributed by atoms with Crippen molar-refractivity contribution in [2.24, 2.45) is 0 Å². The molecular weight excluding hydrogens is 272 g/mol. The van der Waals surface area contributed by atoms with Gasteiger partial charge in [-0.25, -0.2) is 0 Å². The first-order valence-electron chi connectivity index (χ1n) is 6.47. The summed E-state index contributed by atoms with van der Waals surface area (Å²) in [6.07, 6.45) is 4.11. The number of carbonyl (C=O) groups is 2. The zero-order chi connectivity index (χ0) is 16.0. The summed E-state index contributed by atoms with van der Waals surface area (Å²) in [5.41, 5.74) is 0.406. The second kappa shape index (κ2) is 7.31. The van der Waals surface area contributed by atoms with Gasteiger partial charge in [0.1, 0.15) is 11.8 Å². The van der Waals surface area contributed by atoms with E-state index in [1.165, 1.54) is 25.1 Å². The smallest absolute Gasteiger partial charge is 0.255 e. The molecule has 0 bridgehead atoms. The molecule has 0 saturated carbocycles. The highest BCUT2D eigenvalue weighted by Crippen LogP contribution is 2.18. The number of carbonyl (C=O) groups excluding carboxylic acids is 2. The zero-order valence-corrected chi connectivity index (χ0v) is 11.9. The lowest BCUT2D eigenvalue weighted by molar-refractivity contribution is -0.125. The van der Waals surface area contributed by atoms with E-state index < -0.39 is 24.0 Å². The van der Waals surface area contributed by atoms with E-state index in [1.807, 2.05) is 0 Å². The van der Waals surface area contributed by atoms with E-state index in [-0.39, 0.29) is 11.3 Å². The van der Waals surface area contributed by atoms with Crippen molar-refractivity contribution < 1.29 is 19.8 Å². The summed E-state index contributed by atoms with van der Waals surface area (Å²) >= 11 is 0. The average molecular weight is 290 g/mol. The monoisotopic (exact) mass is 290 g/mol. The Labute approximate surface area is 123 Å². The molecule has 0 aliphatic heterocycles. The molecule has 0 heterocycles. The van der Waals surface area contributed by atoms with Gasteiger partial charge in [-0.2, -0.15) is 0 Å². The summed E-state index contributed by atoms with van der Waals surface area (Å²) in [6.45, 7) is 3.49. The van der Waals surface area contributed by atoms with Gasteiger partial charge in [0.25, 0.3) is 5.91 Å². The molecular formula is C15H18N2O4. The van der Waals surface area contributed by atoms with Gasteiger partial charge >= 0.3 is 0 Å². The molecule has 2 atom stereocenters. The molecule has 0 aliphatic rings. The van der Waals surface area contributed by atoms with Gasteiger partial charge in [-0.1, -0.05) is 5.92 Å². The first-order valence-corrected chi connectivity index (χ1v) is 6.47. The molecule has 0 saturated heterocycles. The van der Waals surface area contributed by atoms with Gasteiger partial charge in [-0.3, -0.25) is 9.59 Å². The molecule has 2 amide bonds. The van der Waals surface area contributed by atoms with Crippen LogP contribution >= 0.6 is 0 Å². The quantitative estimate of drug-likeness (QED) is 0.573. The lowest BCUT2D eigenvalue weighted by atomic mass is 10.1. The van der Waals surface area contributed by atoms with Gasteiger partial charge in [-0.15, -0.1) is 6.42 Å². The molecule has 6 nitrogen and oxygen atoms in total. The molecule has 1 aromatic rings. The van der Waals surface area contributed by atoms with Gasteiger partial charge in [0.05, 0.1) is 11.7 Å². The minimum atomic E-state index is -1.11. The van der Waals surface area contributed by atoms with Crippen LogP contribution in [0.4, 0.5) is 0 Å². The number of aliphatic hydroxyl groups is 1. The van der Waals surface area contributed by atoms with Crippen molar-refractivity contribution in [3.63, 3.8) is 0 Å². The van der Waals surface area contributed by atoms with Crippen LogP contribution in [0.25, 0.3) is 0 Å². The lowest BCUT2D eigenvalue weighted by Crippen LogP contribution is -2.52. The highest BCUT2D eigenvalue weighted by molar-refractivity contribution is 5.99. The standard InChI is InChI=1S/C15H18N2O4/c1-4-10-6-7-11(12(19)8-10)14(20)17-13(9(3)18)15(21)16-5-2/h1,6-9,13,18-19H,5H2,2-3H3,(H,16,21)(H,17,20)/t9-,13+/m0/s1. The summed E-state index contributed by atoms with van der Waals surface area (Å²) in [4.78, 5) is 23.8. The van der Waals surface area contributed by atoms with Crippen LogP contribution in [-0.2, 0) is 4.79 Å². The van der Waals surface area contributed by atoms with E-state index in [0.717, 1.165) is 0 Å². The van der Waals surface area contributed by atoms with Crippen molar-refractivity contribution in [1.29, 1.82) is 0 Å². The van der Waals surface area contributed by atoms with E-state index in [0.29, 0.717) is 12.1 Å². The second-order valence-electron chi connectivity index (χ2n) is 4.46. The fraction of sp³-hybridized carbons (Fsp3) is 0.333. The van der Waals surface area contributed by atoms with Crippen molar-refractivity contribution in [2.45, 2.75) is 26.0 Å². The number of aliphatic hydroxyl groups excluding tert-OH is 1. The number of rotatable bonds is 5. The van der Waals surface area contributed by atoms with Gasteiger partial charge in [0.2, 0.25) is 5.91 Å². The lowest BCUT2D eigenvalue weighted by Gasteiger charge is -2.20. The van der Waals surface area contributed by atoms with Crippen molar-refractivity contribution >= 4 is 11.8 Å². The van der Waals surface area contributed by atoms with Crippen molar-refractivity contribution in [3.05, 3.63) is 29.3 Å². The third kappa shape index (κ3) is 4.23. The van der Waals surface area contributed by atoms with Gasteiger partial charge in [0, 0.05) is 12.1 Å². The highest BCUT2D eigenvalue weighted by Gasteiger charge is 2.26. The molecule has 6 heteroatoms. The van der Waals surface area contributed by atoms with Crippen molar-refractivity contribution in [2.75, 3.05) is 6.54 Å². The van der Waals surface area contributed by atoms with Crippen LogP contribution in [0.5, 0.6) is 5.75 Å². The maximum Gasteiger partial charge on any atom is 0.255 e. The van der Waals surface area contributed by atoms with Crippen LogP contribution in [-0.4, -0.2) is 40.7 Å². The van der Waals surface area contributed by atoms with Gasteiger partial charge < -0.3 is 20.8 Å². The maximum atomic E-state index is 12.1. The Morgan fingerprint density at radius 2 is 2.10 bits per heavy atom. The number of phenols is 1. The number of terminal acetylenes is 1. The van der Waals surface area contributed by atoms with Crippen LogP contribution in [0.15, 0.2) is 18.2 Å². The van der Waals surface area contributed by atoms with Crippen LogP contribution < -0.4 is 10.6 Å². The van der Waals surface area contributed by atoms with Crippen molar-refractivity contribution in [1.82, 2.24) is 10.6 Å². The highest BCUT2D eigenvalue weighted by atomic mass is 16.3. The number of aromatic hydroxyl groups is 1. The molecule has 0 unspecified atom stereocenters. The van der Waals surface area contributed by atoms with Crippen molar-refractivity contribution in [3.8, 4) is 18.1 Å². The number of hydrogen-bond acceptors (Lipinski definition) is 4. The molecule has 4 N–H and O–H groups in total. The maximum absolute atomic E-state index is 12.1. The number of nitrogens with one attached hydrogen (secondary N) is 2. The zero-order valence-electron chi connectivity index (χ0n) is 11.9. The molecule has 1 rings (SSSR count). The molecule has 1 aromatic carbocycles. The summed E-state index contributed by atoms with van der Waals surface area (Å²) in [6, 6.07) is 3.02. The minimum Gasteiger partial charge on any atom is -0.507 e. The Balaban J connectivity index is 2.93. The SMILES string of the molecule is C#Cc1ccc(C(=O)N[C@@H](C(=O)NCC)[C@H](C)O)c(O)c1. The van der Waals surface area contributed by atoms with Crippen LogP contribution in [0.1, 0.15) is 29.8 Å². The topological polar surface area (TPSA) is 98.7 Å². The number of benzene rings is 1.